The molecule has 0 aromatic heterocycles. The van der Waals surface area contributed by atoms with E-state index in [1.807, 2.05) is 20.8 Å². The SMILES string of the molecule is CN1CCC(C(=O)NC(C)(C)CC2CCC(C(=O)NC(C)(C)C)CC2)CC1. The number of piperidine rings is 1. The molecule has 2 N–H and O–H groups in total. The molecule has 0 atom stereocenters. The lowest BCUT2D eigenvalue weighted by Crippen LogP contribution is -2.49. The van der Waals surface area contributed by atoms with Crippen LogP contribution in [0.15, 0.2) is 0 Å². The molecule has 2 aliphatic rings. The highest BCUT2D eigenvalue weighted by Gasteiger charge is 2.33. The minimum absolute atomic E-state index is 0.150. The minimum Gasteiger partial charge on any atom is -0.351 e. The second kappa shape index (κ2) is 8.93. The van der Waals surface area contributed by atoms with Gasteiger partial charge in [0, 0.05) is 22.9 Å². The van der Waals surface area contributed by atoms with E-state index in [1.165, 1.54) is 0 Å². The van der Waals surface area contributed by atoms with E-state index >= 15 is 0 Å². The minimum atomic E-state index is -0.175. The van der Waals surface area contributed by atoms with Gasteiger partial charge in [0.15, 0.2) is 0 Å². The number of nitrogens with zero attached hydrogens (tertiary/aromatic N) is 1. The maximum absolute atomic E-state index is 12.7. The molecule has 1 heterocycles. The Balaban J connectivity index is 1.76. The Morgan fingerprint density at radius 2 is 1.30 bits per heavy atom. The van der Waals surface area contributed by atoms with Gasteiger partial charge in [-0.05, 0) is 106 Å². The summed E-state index contributed by atoms with van der Waals surface area (Å²) in [6, 6.07) is 0. The van der Waals surface area contributed by atoms with Crippen molar-refractivity contribution in [2.45, 2.75) is 90.6 Å². The van der Waals surface area contributed by atoms with Gasteiger partial charge in [0.05, 0.1) is 0 Å². The predicted molar refractivity (Wildman–Crippen MR) is 110 cm³/mol. The van der Waals surface area contributed by atoms with Gasteiger partial charge in [-0.25, -0.2) is 0 Å². The van der Waals surface area contributed by atoms with Crippen LogP contribution in [-0.2, 0) is 9.59 Å². The van der Waals surface area contributed by atoms with Crippen LogP contribution in [0.2, 0.25) is 0 Å². The van der Waals surface area contributed by atoms with Crippen molar-refractivity contribution < 1.29 is 9.59 Å². The van der Waals surface area contributed by atoms with E-state index in [0.717, 1.165) is 58.0 Å². The number of amides is 2. The van der Waals surface area contributed by atoms with Gasteiger partial charge in [0.25, 0.3) is 0 Å². The van der Waals surface area contributed by atoms with E-state index in [2.05, 4.69) is 36.4 Å². The first kappa shape index (κ1) is 22.2. The molecule has 2 amide bonds. The van der Waals surface area contributed by atoms with Gasteiger partial charge < -0.3 is 15.5 Å². The largest absolute Gasteiger partial charge is 0.351 e. The molecule has 1 saturated carbocycles. The van der Waals surface area contributed by atoms with Crippen molar-refractivity contribution in [2.75, 3.05) is 20.1 Å². The van der Waals surface area contributed by atoms with E-state index in [4.69, 9.17) is 0 Å². The van der Waals surface area contributed by atoms with Crippen molar-refractivity contribution in [1.82, 2.24) is 15.5 Å². The first-order valence-electron chi connectivity index (χ1n) is 10.8. The molecule has 0 radical (unpaired) electrons. The smallest absolute Gasteiger partial charge is 0.223 e. The molecule has 5 heteroatoms. The average Bonchev–Trinajstić information content (AvgIpc) is 2.53. The van der Waals surface area contributed by atoms with Crippen molar-refractivity contribution in [2.24, 2.45) is 17.8 Å². The third-order valence-corrected chi connectivity index (χ3v) is 6.07. The zero-order valence-corrected chi connectivity index (χ0v) is 18.4. The normalized spacial score (nSPS) is 25.9. The molecule has 2 rings (SSSR count). The van der Waals surface area contributed by atoms with Crippen molar-refractivity contribution in [1.29, 1.82) is 0 Å². The lowest BCUT2D eigenvalue weighted by Gasteiger charge is -2.37. The molecular weight excluding hydrogens is 338 g/mol. The lowest BCUT2D eigenvalue weighted by molar-refractivity contribution is -0.128. The first-order valence-corrected chi connectivity index (χ1v) is 10.8. The molecule has 0 unspecified atom stereocenters. The summed E-state index contributed by atoms with van der Waals surface area (Å²) in [5.41, 5.74) is -0.334. The second-order valence-corrected chi connectivity index (χ2v) is 10.6. The molecule has 5 nitrogen and oxygen atoms in total. The molecule has 1 aliphatic carbocycles. The van der Waals surface area contributed by atoms with Crippen LogP contribution in [-0.4, -0.2) is 47.9 Å². The zero-order valence-electron chi connectivity index (χ0n) is 18.4. The third kappa shape index (κ3) is 7.44. The Morgan fingerprint density at radius 3 is 1.81 bits per heavy atom. The molecule has 156 valence electrons. The summed E-state index contributed by atoms with van der Waals surface area (Å²) in [5.74, 6) is 1.34. The molecule has 2 fully saturated rings. The van der Waals surface area contributed by atoms with E-state index in [-0.39, 0.29) is 34.7 Å². The fourth-order valence-electron chi connectivity index (χ4n) is 4.58. The molecule has 1 aliphatic heterocycles. The Labute approximate surface area is 166 Å². The number of hydrogen-bond donors (Lipinski definition) is 2. The van der Waals surface area contributed by atoms with Crippen LogP contribution < -0.4 is 10.6 Å². The third-order valence-electron chi connectivity index (χ3n) is 6.07. The van der Waals surface area contributed by atoms with E-state index < -0.39 is 0 Å². The summed E-state index contributed by atoms with van der Waals surface area (Å²) in [4.78, 5) is 27.3. The van der Waals surface area contributed by atoms with Gasteiger partial charge in [0.1, 0.15) is 0 Å². The lowest BCUT2D eigenvalue weighted by atomic mass is 9.76. The van der Waals surface area contributed by atoms with Crippen LogP contribution in [0, 0.1) is 17.8 Å². The molecule has 0 bridgehead atoms. The monoisotopic (exact) mass is 379 g/mol. The molecule has 0 aromatic carbocycles. The summed E-state index contributed by atoms with van der Waals surface area (Å²) in [6.45, 7) is 12.4. The quantitative estimate of drug-likeness (QED) is 0.770. The topological polar surface area (TPSA) is 61.4 Å². The van der Waals surface area contributed by atoms with E-state index in [0.29, 0.717) is 5.92 Å². The van der Waals surface area contributed by atoms with Gasteiger partial charge in [-0.15, -0.1) is 0 Å². The van der Waals surface area contributed by atoms with Crippen molar-refractivity contribution in [3.63, 3.8) is 0 Å². The molecule has 27 heavy (non-hydrogen) atoms. The van der Waals surface area contributed by atoms with Gasteiger partial charge in [-0.1, -0.05) is 0 Å². The van der Waals surface area contributed by atoms with Crippen molar-refractivity contribution in [3.05, 3.63) is 0 Å². The first-order chi connectivity index (χ1) is 12.5. The van der Waals surface area contributed by atoms with Crippen molar-refractivity contribution >= 4 is 11.8 Å². The number of carbonyl (C=O) groups excluding carboxylic acids is 2. The maximum Gasteiger partial charge on any atom is 0.223 e. The summed E-state index contributed by atoms with van der Waals surface area (Å²) in [6.07, 6.45) is 7.01. The number of rotatable bonds is 5. The van der Waals surface area contributed by atoms with Crippen LogP contribution in [0.1, 0.15) is 79.6 Å². The summed E-state index contributed by atoms with van der Waals surface area (Å²) in [7, 11) is 2.12. The van der Waals surface area contributed by atoms with Crippen LogP contribution >= 0.6 is 0 Å². The predicted octanol–water partition coefficient (Wildman–Crippen LogP) is 3.33. The van der Waals surface area contributed by atoms with Crippen LogP contribution in [0.5, 0.6) is 0 Å². The molecule has 1 saturated heterocycles. The van der Waals surface area contributed by atoms with Gasteiger partial charge >= 0.3 is 0 Å². The molecular formula is C22H41N3O2. The number of hydrogen-bond acceptors (Lipinski definition) is 3. The number of likely N-dealkylation sites (tertiary alicyclic amines) is 1. The Morgan fingerprint density at radius 1 is 0.815 bits per heavy atom. The van der Waals surface area contributed by atoms with Crippen molar-refractivity contribution in [3.8, 4) is 0 Å². The average molecular weight is 380 g/mol. The molecule has 0 spiro atoms. The van der Waals surface area contributed by atoms with E-state index in [9.17, 15) is 9.59 Å². The Kier molecular flexibility index (Phi) is 7.34. The van der Waals surface area contributed by atoms with Crippen LogP contribution in [0.25, 0.3) is 0 Å². The second-order valence-electron chi connectivity index (χ2n) is 10.6. The fraction of sp³-hybridized carbons (Fsp3) is 0.909. The fourth-order valence-corrected chi connectivity index (χ4v) is 4.58. The number of nitrogens with one attached hydrogen (secondary N) is 2. The van der Waals surface area contributed by atoms with Crippen LogP contribution in [0.3, 0.4) is 0 Å². The highest BCUT2D eigenvalue weighted by Crippen LogP contribution is 2.34. The summed E-state index contributed by atoms with van der Waals surface area (Å²) < 4.78 is 0. The van der Waals surface area contributed by atoms with Gasteiger partial charge in [0.2, 0.25) is 11.8 Å². The highest BCUT2D eigenvalue weighted by molar-refractivity contribution is 5.80. The van der Waals surface area contributed by atoms with Gasteiger partial charge in [-0.2, -0.15) is 0 Å². The summed E-state index contributed by atoms with van der Waals surface area (Å²) in [5, 5.41) is 6.43. The Hall–Kier alpha value is -1.10. The maximum atomic E-state index is 12.7. The van der Waals surface area contributed by atoms with Gasteiger partial charge in [-0.3, -0.25) is 9.59 Å². The molecule has 0 aromatic rings. The number of carbonyl (C=O) groups is 2. The van der Waals surface area contributed by atoms with Crippen LogP contribution in [0.4, 0.5) is 0 Å². The Bertz CT molecular complexity index is 508. The highest BCUT2D eigenvalue weighted by atomic mass is 16.2. The summed E-state index contributed by atoms with van der Waals surface area (Å²) >= 11 is 0. The standard InChI is InChI=1S/C22H41N3O2/c1-21(2,3)23-19(26)17-9-7-16(8-10-17)15-22(4,5)24-20(27)18-11-13-25(6)14-12-18/h16-18H,7-15H2,1-6H3,(H,23,26)(H,24,27). The zero-order chi connectivity index (χ0) is 20.2. The van der Waals surface area contributed by atoms with E-state index in [1.54, 1.807) is 0 Å².